The predicted molar refractivity (Wildman–Crippen MR) is 98.6 cm³/mol. The second-order valence-corrected chi connectivity index (χ2v) is 6.69. The molecule has 3 N–H and O–H groups in total. The number of benzene rings is 2. The van der Waals surface area contributed by atoms with Crippen molar-refractivity contribution >= 4 is 11.9 Å². The third-order valence-electron chi connectivity index (χ3n) is 4.80. The lowest BCUT2D eigenvalue weighted by atomic mass is 9.97. The predicted octanol–water partition coefficient (Wildman–Crippen LogP) is 2.62. The van der Waals surface area contributed by atoms with E-state index in [1.165, 1.54) is 6.33 Å². The van der Waals surface area contributed by atoms with Gasteiger partial charge in [-0.1, -0.05) is 30.3 Å². The van der Waals surface area contributed by atoms with Gasteiger partial charge in [0, 0.05) is 18.4 Å². The van der Waals surface area contributed by atoms with Crippen LogP contribution in [0.15, 0.2) is 48.8 Å². The first kappa shape index (κ1) is 17.0. The molecule has 1 aliphatic rings. The van der Waals surface area contributed by atoms with Crippen molar-refractivity contribution in [3.63, 3.8) is 0 Å². The molecule has 1 aromatic heterocycles. The van der Waals surface area contributed by atoms with Crippen molar-refractivity contribution in [1.82, 2.24) is 15.2 Å². The number of hydrogen-bond acceptors (Lipinski definition) is 5. The summed E-state index contributed by atoms with van der Waals surface area (Å²) in [5.74, 6) is -0.436. The normalized spacial score (nSPS) is 14.6. The van der Waals surface area contributed by atoms with Crippen LogP contribution in [0.2, 0.25) is 0 Å². The fraction of sp³-hybridized carbons (Fsp3) is 0.200. The van der Waals surface area contributed by atoms with E-state index < -0.39 is 17.5 Å². The van der Waals surface area contributed by atoms with Crippen molar-refractivity contribution < 1.29 is 14.3 Å². The van der Waals surface area contributed by atoms with Crippen LogP contribution in [0.1, 0.15) is 28.8 Å². The van der Waals surface area contributed by atoms with Crippen molar-refractivity contribution in [3.8, 4) is 22.5 Å². The highest BCUT2D eigenvalue weighted by Crippen LogP contribution is 2.40. The number of primary amides is 1. The minimum atomic E-state index is -1.12. The van der Waals surface area contributed by atoms with Crippen molar-refractivity contribution in [2.24, 2.45) is 5.73 Å². The van der Waals surface area contributed by atoms with Crippen LogP contribution in [0, 0.1) is 6.92 Å². The maximum absolute atomic E-state index is 12.5. The van der Waals surface area contributed by atoms with Crippen LogP contribution < -0.4 is 5.73 Å². The summed E-state index contributed by atoms with van der Waals surface area (Å²) < 4.78 is 5.36. The number of nitrogens with zero attached hydrogens (tertiary/aromatic N) is 2. The van der Waals surface area contributed by atoms with Gasteiger partial charge in [-0.25, -0.2) is 9.78 Å². The number of nitrogens with one attached hydrogen (secondary N) is 1. The summed E-state index contributed by atoms with van der Waals surface area (Å²) in [6.45, 7) is 1.97. The Bertz CT molecular complexity index is 1010. The van der Waals surface area contributed by atoms with Crippen molar-refractivity contribution in [2.75, 3.05) is 0 Å². The molecule has 0 radical (unpaired) electrons. The molecule has 3 aromatic rings. The van der Waals surface area contributed by atoms with E-state index in [0.29, 0.717) is 24.2 Å². The van der Waals surface area contributed by atoms with Crippen LogP contribution in [0.3, 0.4) is 0 Å². The van der Waals surface area contributed by atoms with Gasteiger partial charge in [-0.3, -0.25) is 9.89 Å². The molecule has 4 rings (SSSR count). The molecule has 0 aliphatic heterocycles. The van der Waals surface area contributed by atoms with Crippen LogP contribution in [-0.2, 0) is 9.53 Å². The van der Waals surface area contributed by atoms with E-state index in [0.717, 1.165) is 22.3 Å². The van der Waals surface area contributed by atoms with Crippen molar-refractivity contribution in [2.45, 2.75) is 25.4 Å². The van der Waals surface area contributed by atoms with Gasteiger partial charge in [0.1, 0.15) is 6.33 Å². The molecule has 2 aromatic carbocycles. The van der Waals surface area contributed by atoms with E-state index in [2.05, 4.69) is 15.2 Å². The summed E-state index contributed by atoms with van der Waals surface area (Å²) in [7, 11) is 0. The van der Waals surface area contributed by atoms with E-state index in [1.807, 2.05) is 37.3 Å². The summed E-state index contributed by atoms with van der Waals surface area (Å²) in [4.78, 5) is 28.0. The number of amides is 1. The molecule has 1 saturated carbocycles. The summed E-state index contributed by atoms with van der Waals surface area (Å²) in [5.41, 5.74) is 8.41. The van der Waals surface area contributed by atoms with E-state index in [4.69, 9.17) is 10.5 Å². The summed E-state index contributed by atoms with van der Waals surface area (Å²) in [6.07, 6.45) is 2.42. The minimum absolute atomic E-state index is 0.391. The lowest BCUT2D eigenvalue weighted by Gasteiger charge is -2.14. The fourth-order valence-electron chi connectivity index (χ4n) is 2.96. The fourth-order valence-corrected chi connectivity index (χ4v) is 2.96. The van der Waals surface area contributed by atoms with Gasteiger partial charge in [0.15, 0.2) is 11.4 Å². The molecule has 136 valence electrons. The molecule has 7 nitrogen and oxygen atoms in total. The topological polar surface area (TPSA) is 111 Å². The highest BCUT2D eigenvalue weighted by molar-refractivity contribution is 5.96. The first-order valence-electron chi connectivity index (χ1n) is 8.59. The number of nitrogens with two attached hydrogens (primary N) is 1. The van der Waals surface area contributed by atoms with E-state index >= 15 is 0 Å². The minimum Gasteiger partial charge on any atom is -0.445 e. The first-order valence-corrected chi connectivity index (χ1v) is 8.59. The largest absolute Gasteiger partial charge is 0.445 e. The number of esters is 1. The maximum atomic E-state index is 12.5. The lowest BCUT2D eigenvalue weighted by Crippen LogP contribution is -2.35. The number of aromatic amines is 1. The molecule has 7 heteroatoms. The number of aryl methyl sites for hydroxylation is 1. The lowest BCUT2D eigenvalue weighted by molar-refractivity contribution is -0.128. The van der Waals surface area contributed by atoms with Crippen LogP contribution in [-0.4, -0.2) is 32.7 Å². The van der Waals surface area contributed by atoms with E-state index in [-0.39, 0.29) is 0 Å². The average Bonchev–Trinajstić information content (AvgIpc) is 3.25. The summed E-state index contributed by atoms with van der Waals surface area (Å²) in [5, 5.41) is 6.68. The zero-order valence-electron chi connectivity index (χ0n) is 14.7. The molecule has 0 unspecified atom stereocenters. The Morgan fingerprint density at radius 1 is 1.11 bits per heavy atom. The average molecular weight is 362 g/mol. The number of hydrogen-bond donors (Lipinski definition) is 2. The second kappa shape index (κ2) is 6.35. The molecular formula is C20H18N4O3. The Labute approximate surface area is 155 Å². The number of aromatic nitrogens is 3. The van der Waals surface area contributed by atoms with Gasteiger partial charge in [-0.2, -0.15) is 5.10 Å². The molecule has 0 atom stereocenters. The highest BCUT2D eigenvalue weighted by atomic mass is 16.6. The Hall–Kier alpha value is -3.48. The number of ether oxygens (including phenoxy) is 1. The smallest absolute Gasteiger partial charge is 0.339 e. The van der Waals surface area contributed by atoms with Crippen molar-refractivity contribution in [3.05, 3.63) is 59.9 Å². The third-order valence-corrected chi connectivity index (χ3v) is 4.80. The molecule has 0 bridgehead atoms. The van der Waals surface area contributed by atoms with Gasteiger partial charge >= 0.3 is 5.97 Å². The molecule has 1 amide bonds. The van der Waals surface area contributed by atoms with Crippen molar-refractivity contribution in [1.29, 1.82) is 0 Å². The molecular weight excluding hydrogens is 344 g/mol. The molecule has 1 fully saturated rings. The number of carbonyl (C=O) groups is 2. The van der Waals surface area contributed by atoms with E-state index in [9.17, 15) is 9.59 Å². The van der Waals surface area contributed by atoms with Crippen LogP contribution in [0.5, 0.6) is 0 Å². The molecule has 1 aliphatic carbocycles. The Morgan fingerprint density at radius 2 is 1.81 bits per heavy atom. The van der Waals surface area contributed by atoms with Crippen LogP contribution in [0.4, 0.5) is 0 Å². The van der Waals surface area contributed by atoms with E-state index in [1.54, 1.807) is 12.1 Å². The second-order valence-electron chi connectivity index (χ2n) is 6.69. The SMILES string of the molecule is Cc1ccc(C(=O)OC2(C(N)=O)CC2)cc1-c1ccc(-c2ncn[nH]2)cc1. The zero-order chi connectivity index (χ0) is 19.0. The summed E-state index contributed by atoms with van der Waals surface area (Å²) in [6, 6.07) is 13.1. The number of carbonyl (C=O) groups excluding carboxylic acids is 2. The Balaban J connectivity index is 1.61. The van der Waals surface area contributed by atoms with Gasteiger partial charge in [-0.05, 0) is 35.7 Å². The Kier molecular flexibility index (Phi) is 3.99. The van der Waals surface area contributed by atoms with Gasteiger partial charge in [0.2, 0.25) is 0 Å². The molecule has 27 heavy (non-hydrogen) atoms. The Morgan fingerprint density at radius 3 is 2.41 bits per heavy atom. The maximum Gasteiger partial charge on any atom is 0.339 e. The quantitative estimate of drug-likeness (QED) is 0.678. The molecule has 1 heterocycles. The first-order chi connectivity index (χ1) is 13.0. The van der Waals surface area contributed by atoms with Gasteiger partial charge in [-0.15, -0.1) is 0 Å². The van der Waals surface area contributed by atoms with Crippen LogP contribution >= 0.6 is 0 Å². The summed E-state index contributed by atoms with van der Waals surface area (Å²) >= 11 is 0. The third kappa shape index (κ3) is 3.19. The zero-order valence-corrected chi connectivity index (χ0v) is 14.7. The monoisotopic (exact) mass is 362 g/mol. The number of rotatable bonds is 5. The highest BCUT2D eigenvalue weighted by Gasteiger charge is 2.53. The number of H-pyrrole nitrogens is 1. The standard InChI is InChI=1S/C20H18N4O3/c1-12-2-3-15(18(25)27-20(8-9-20)19(21)26)10-16(12)13-4-6-14(7-5-13)17-22-11-23-24-17/h2-7,10-11H,8-9H2,1H3,(H2,21,26)(H,22,23,24). The molecule has 0 saturated heterocycles. The van der Waals surface area contributed by atoms with Gasteiger partial charge in [0.25, 0.3) is 5.91 Å². The molecule has 0 spiro atoms. The van der Waals surface area contributed by atoms with Gasteiger partial charge < -0.3 is 10.5 Å². The van der Waals surface area contributed by atoms with Crippen LogP contribution in [0.25, 0.3) is 22.5 Å². The van der Waals surface area contributed by atoms with Gasteiger partial charge in [0.05, 0.1) is 5.56 Å².